The number of nitrogens with zero attached hydrogens (tertiary/aromatic N) is 3. The number of hydrogen-bond acceptors (Lipinski definition) is 7. The second kappa shape index (κ2) is 6.49. The van der Waals surface area contributed by atoms with Crippen LogP contribution < -0.4 is 5.56 Å². The van der Waals surface area contributed by atoms with Crippen LogP contribution in [0.2, 0.25) is 0 Å². The fourth-order valence-electron chi connectivity index (χ4n) is 2.24. The molecule has 0 bridgehead atoms. The van der Waals surface area contributed by atoms with Crippen LogP contribution in [0.4, 0.5) is 4.79 Å². The molecule has 124 valence electrons. The van der Waals surface area contributed by atoms with Crippen molar-refractivity contribution in [1.29, 1.82) is 0 Å². The van der Waals surface area contributed by atoms with Crippen molar-refractivity contribution in [2.75, 3.05) is 19.8 Å². The predicted molar refractivity (Wildman–Crippen MR) is 80.0 cm³/mol. The van der Waals surface area contributed by atoms with Gasteiger partial charge in [-0.3, -0.25) is 19.0 Å². The molecule has 0 radical (unpaired) electrons. The van der Waals surface area contributed by atoms with E-state index in [1.165, 1.54) is 6.33 Å². The number of esters is 1. The summed E-state index contributed by atoms with van der Waals surface area (Å²) in [5.41, 5.74) is 0.141. The topological polar surface area (TPSA) is 108 Å². The van der Waals surface area contributed by atoms with Crippen LogP contribution in [0.1, 0.15) is 0 Å². The van der Waals surface area contributed by atoms with Crippen LogP contribution in [0.5, 0.6) is 0 Å². The van der Waals surface area contributed by atoms with Gasteiger partial charge in [0.25, 0.3) is 11.5 Å². The highest BCUT2D eigenvalue weighted by molar-refractivity contribution is 5.94. The summed E-state index contributed by atoms with van der Waals surface area (Å²) >= 11 is 0. The molecule has 9 heteroatoms. The van der Waals surface area contributed by atoms with E-state index in [0.29, 0.717) is 10.9 Å². The first-order valence-electron chi connectivity index (χ1n) is 7.13. The molecule has 9 nitrogen and oxygen atoms in total. The van der Waals surface area contributed by atoms with Crippen LogP contribution in [0, 0.1) is 0 Å². The van der Waals surface area contributed by atoms with Crippen molar-refractivity contribution in [3.8, 4) is 0 Å². The first-order valence-corrected chi connectivity index (χ1v) is 7.13. The van der Waals surface area contributed by atoms with Gasteiger partial charge in [-0.15, -0.1) is 0 Å². The number of carbonyl (C=O) groups excluding carboxylic acids is 3. The van der Waals surface area contributed by atoms with E-state index in [0.717, 1.165) is 9.47 Å². The lowest BCUT2D eigenvalue weighted by Gasteiger charge is -2.11. The molecule has 0 unspecified atom stereocenters. The zero-order chi connectivity index (χ0) is 17.1. The monoisotopic (exact) mass is 331 g/mol. The van der Waals surface area contributed by atoms with E-state index in [1.807, 2.05) is 0 Å². The fraction of sp³-hybridized carbons (Fsp3) is 0.267. The number of para-hydroxylation sites is 1. The van der Waals surface area contributed by atoms with Gasteiger partial charge in [0.15, 0.2) is 6.61 Å². The number of amides is 2. The summed E-state index contributed by atoms with van der Waals surface area (Å²) in [7, 11) is 0. The maximum absolute atomic E-state index is 12.2. The molecular formula is C15H13N3O6. The Kier molecular flexibility index (Phi) is 4.23. The quantitative estimate of drug-likeness (QED) is 0.721. The molecule has 0 atom stereocenters. The summed E-state index contributed by atoms with van der Waals surface area (Å²) in [6, 6.07) is 6.74. The number of carbonyl (C=O) groups is 3. The molecule has 0 aliphatic carbocycles. The highest BCUT2D eigenvalue weighted by Gasteiger charge is 2.28. The van der Waals surface area contributed by atoms with Gasteiger partial charge in [-0.1, -0.05) is 12.1 Å². The third-order valence-corrected chi connectivity index (χ3v) is 3.45. The largest absolute Gasteiger partial charge is 0.454 e. The Bertz CT molecular complexity index is 875. The molecule has 0 N–H and O–H groups in total. The van der Waals surface area contributed by atoms with Crippen molar-refractivity contribution in [2.24, 2.45) is 0 Å². The van der Waals surface area contributed by atoms with Crippen LogP contribution in [-0.4, -0.2) is 52.2 Å². The summed E-state index contributed by atoms with van der Waals surface area (Å²) in [6.45, 7) is -0.724. The van der Waals surface area contributed by atoms with E-state index in [9.17, 15) is 19.2 Å². The van der Waals surface area contributed by atoms with Crippen molar-refractivity contribution in [3.05, 3.63) is 40.9 Å². The van der Waals surface area contributed by atoms with Crippen molar-refractivity contribution in [3.63, 3.8) is 0 Å². The Balaban J connectivity index is 1.63. The van der Waals surface area contributed by atoms with Gasteiger partial charge in [0, 0.05) is 0 Å². The summed E-state index contributed by atoms with van der Waals surface area (Å²) < 4.78 is 10.5. The molecule has 2 heterocycles. The van der Waals surface area contributed by atoms with Gasteiger partial charge >= 0.3 is 12.1 Å². The number of ether oxygens (including phenoxy) is 2. The number of aromatic nitrogens is 2. The fourth-order valence-corrected chi connectivity index (χ4v) is 2.24. The number of hydrogen-bond donors (Lipinski definition) is 0. The van der Waals surface area contributed by atoms with Crippen molar-refractivity contribution < 1.29 is 23.9 Å². The van der Waals surface area contributed by atoms with Gasteiger partial charge in [0.1, 0.15) is 13.2 Å². The molecule has 1 fully saturated rings. The molecule has 2 aromatic rings. The first-order chi connectivity index (χ1) is 11.6. The molecule has 3 rings (SSSR count). The van der Waals surface area contributed by atoms with Crippen LogP contribution >= 0.6 is 0 Å². The normalized spacial score (nSPS) is 13.8. The molecular weight excluding hydrogens is 318 g/mol. The van der Waals surface area contributed by atoms with Crippen molar-refractivity contribution in [2.45, 2.75) is 6.54 Å². The molecule has 0 saturated carbocycles. The summed E-state index contributed by atoms with van der Waals surface area (Å²) in [5.74, 6) is -1.45. The van der Waals surface area contributed by atoms with Crippen LogP contribution in [-0.2, 0) is 25.6 Å². The van der Waals surface area contributed by atoms with Gasteiger partial charge in [-0.25, -0.2) is 14.7 Å². The van der Waals surface area contributed by atoms with Crippen LogP contribution in [0.25, 0.3) is 10.9 Å². The predicted octanol–water partition coefficient (Wildman–Crippen LogP) is -0.0815. The van der Waals surface area contributed by atoms with E-state index in [2.05, 4.69) is 9.72 Å². The molecule has 1 saturated heterocycles. The molecule has 0 spiro atoms. The molecule has 1 aromatic carbocycles. The van der Waals surface area contributed by atoms with E-state index in [1.54, 1.807) is 24.3 Å². The average molecular weight is 331 g/mol. The Morgan fingerprint density at radius 1 is 1.25 bits per heavy atom. The number of cyclic esters (lactones) is 1. The van der Waals surface area contributed by atoms with E-state index < -0.39 is 24.6 Å². The molecule has 1 aliphatic heterocycles. The third-order valence-electron chi connectivity index (χ3n) is 3.45. The van der Waals surface area contributed by atoms with Crippen LogP contribution in [0.3, 0.4) is 0 Å². The second-order valence-corrected chi connectivity index (χ2v) is 5.02. The molecule has 1 aliphatic rings. The van der Waals surface area contributed by atoms with E-state index in [-0.39, 0.29) is 25.3 Å². The molecule has 1 aromatic heterocycles. The third kappa shape index (κ3) is 3.09. The summed E-state index contributed by atoms with van der Waals surface area (Å²) in [6.07, 6.45) is 0.483. The van der Waals surface area contributed by atoms with Crippen molar-refractivity contribution in [1.82, 2.24) is 14.5 Å². The number of benzene rings is 1. The van der Waals surface area contributed by atoms with Gasteiger partial charge in [-0.2, -0.15) is 0 Å². The minimum atomic E-state index is -0.782. The first kappa shape index (κ1) is 15.7. The lowest BCUT2D eigenvalue weighted by Crippen LogP contribution is -2.36. The Hall–Kier alpha value is -3.23. The highest BCUT2D eigenvalue weighted by Crippen LogP contribution is 2.05. The average Bonchev–Trinajstić information content (AvgIpc) is 3.01. The van der Waals surface area contributed by atoms with E-state index >= 15 is 0 Å². The number of fused-ring (bicyclic) bond motifs is 1. The van der Waals surface area contributed by atoms with Gasteiger partial charge in [0.2, 0.25) is 0 Å². The maximum Gasteiger partial charge on any atom is 0.416 e. The zero-order valence-corrected chi connectivity index (χ0v) is 12.5. The second-order valence-electron chi connectivity index (χ2n) is 5.02. The Morgan fingerprint density at radius 2 is 2.04 bits per heavy atom. The smallest absolute Gasteiger partial charge is 0.416 e. The van der Waals surface area contributed by atoms with Gasteiger partial charge in [0.05, 0.1) is 23.8 Å². The van der Waals surface area contributed by atoms with Crippen LogP contribution in [0.15, 0.2) is 35.4 Å². The minimum absolute atomic E-state index is 0.122. The van der Waals surface area contributed by atoms with E-state index in [4.69, 9.17) is 4.74 Å². The maximum atomic E-state index is 12.2. The van der Waals surface area contributed by atoms with Crippen molar-refractivity contribution >= 4 is 28.9 Å². The highest BCUT2D eigenvalue weighted by atomic mass is 16.6. The minimum Gasteiger partial charge on any atom is -0.454 e. The zero-order valence-electron chi connectivity index (χ0n) is 12.5. The summed E-state index contributed by atoms with van der Waals surface area (Å²) in [4.78, 5) is 51.9. The molecule has 24 heavy (non-hydrogen) atoms. The lowest BCUT2D eigenvalue weighted by molar-refractivity contribution is -0.151. The molecule has 2 amide bonds. The number of imide groups is 1. The SMILES string of the molecule is O=C(Cn1cnc2ccccc2c1=O)OCC(=O)N1CCOC1=O. The van der Waals surface area contributed by atoms with Gasteiger partial charge in [-0.05, 0) is 12.1 Å². The Labute approximate surface area is 135 Å². The summed E-state index contributed by atoms with van der Waals surface area (Å²) in [5, 5.41) is 0.378. The van der Waals surface area contributed by atoms with Gasteiger partial charge < -0.3 is 9.47 Å². The standard InChI is InChI=1S/C15H13N3O6/c19-12(18-5-6-23-15(18)22)8-24-13(20)7-17-9-16-11-4-2-1-3-10(11)14(17)21/h1-4,9H,5-8H2. The Morgan fingerprint density at radius 3 is 2.79 bits per heavy atom. The lowest BCUT2D eigenvalue weighted by atomic mass is 10.2. The number of rotatable bonds is 4.